The zero-order chi connectivity index (χ0) is 15.1. The Kier molecular flexibility index (Phi) is 4.08. The van der Waals surface area contributed by atoms with E-state index in [1.807, 2.05) is 43.3 Å². The number of carbonyl (C=O) groups is 1. The van der Waals surface area contributed by atoms with E-state index in [0.717, 1.165) is 35.8 Å². The van der Waals surface area contributed by atoms with Crippen LogP contribution in [0.4, 0.5) is 5.69 Å². The third-order valence-corrected chi connectivity index (χ3v) is 5.39. The number of halogens is 3. The van der Waals surface area contributed by atoms with E-state index >= 15 is 0 Å². The van der Waals surface area contributed by atoms with Crippen LogP contribution in [0.25, 0.3) is 11.6 Å². The summed E-state index contributed by atoms with van der Waals surface area (Å²) in [5.41, 5.74) is 4.52. The third kappa shape index (κ3) is 2.74. The number of amides is 1. The summed E-state index contributed by atoms with van der Waals surface area (Å²) in [6.07, 6.45) is 1.92. The highest BCUT2D eigenvalue weighted by molar-refractivity contribution is 9.11. The van der Waals surface area contributed by atoms with Crippen LogP contribution in [0.5, 0.6) is 0 Å². The molecule has 0 aliphatic carbocycles. The van der Waals surface area contributed by atoms with Crippen molar-refractivity contribution < 1.29 is 4.79 Å². The molecule has 0 spiro atoms. The lowest BCUT2D eigenvalue weighted by molar-refractivity contribution is -0.110. The van der Waals surface area contributed by atoms with Gasteiger partial charge in [0.1, 0.15) is 0 Å². The van der Waals surface area contributed by atoms with Crippen molar-refractivity contribution in [1.82, 2.24) is 0 Å². The molecular formula is C16H10Br3NO. The Morgan fingerprint density at radius 2 is 1.71 bits per heavy atom. The second kappa shape index (κ2) is 5.71. The molecule has 0 saturated carbocycles. The topological polar surface area (TPSA) is 29.1 Å². The van der Waals surface area contributed by atoms with Crippen LogP contribution in [-0.2, 0) is 4.79 Å². The Bertz CT molecular complexity index is 779. The molecule has 2 aromatic carbocycles. The summed E-state index contributed by atoms with van der Waals surface area (Å²) in [5.74, 6) is -0.0742. The van der Waals surface area contributed by atoms with Gasteiger partial charge in [0.15, 0.2) is 0 Å². The largest absolute Gasteiger partial charge is 0.320 e. The number of hydrogen-bond acceptors (Lipinski definition) is 1. The van der Waals surface area contributed by atoms with E-state index in [4.69, 9.17) is 0 Å². The van der Waals surface area contributed by atoms with Crippen molar-refractivity contribution in [1.29, 1.82) is 0 Å². The summed E-state index contributed by atoms with van der Waals surface area (Å²) in [7, 11) is 0. The van der Waals surface area contributed by atoms with Gasteiger partial charge in [-0.1, -0.05) is 44.0 Å². The number of benzene rings is 2. The van der Waals surface area contributed by atoms with Gasteiger partial charge in [-0.2, -0.15) is 0 Å². The van der Waals surface area contributed by atoms with Crippen LogP contribution in [0.2, 0.25) is 0 Å². The molecule has 2 aromatic rings. The molecule has 1 aliphatic rings. The number of hydrogen-bond donors (Lipinski definition) is 1. The van der Waals surface area contributed by atoms with Gasteiger partial charge in [-0.15, -0.1) is 0 Å². The number of anilines is 1. The van der Waals surface area contributed by atoms with Gasteiger partial charge >= 0.3 is 0 Å². The predicted octanol–water partition coefficient (Wildman–Crippen LogP) is 5.78. The third-order valence-electron chi connectivity index (χ3n) is 3.41. The lowest BCUT2D eigenvalue weighted by Gasteiger charge is -2.08. The van der Waals surface area contributed by atoms with Crippen LogP contribution in [0.1, 0.15) is 16.7 Å². The van der Waals surface area contributed by atoms with Gasteiger partial charge in [-0.3, -0.25) is 4.79 Å². The molecular weight excluding hydrogens is 462 g/mol. The predicted molar refractivity (Wildman–Crippen MR) is 97.2 cm³/mol. The molecule has 0 bridgehead atoms. The lowest BCUT2D eigenvalue weighted by Crippen LogP contribution is -2.03. The van der Waals surface area contributed by atoms with Crippen LogP contribution in [0.15, 0.2) is 43.7 Å². The van der Waals surface area contributed by atoms with Gasteiger partial charge in [0.25, 0.3) is 5.91 Å². The molecule has 0 atom stereocenters. The minimum absolute atomic E-state index is 0.0742. The first-order valence-electron chi connectivity index (χ1n) is 6.25. The highest BCUT2D eigenvalue weighted by Gasteiger charge is 2.28. The highest BCUT2D eigenvalue weighted by atomic mass is 79.9. The maximum Gasteiger partial charge on any atom is 0.256 e. The molecule has 1 aliphatic heterocycles. The van der Waals surface area contributed by atoms with Crippen LogP contribution in [0, 0.1) is 6.92 Å². The summed E-state index contributed by atoms with van der Waals surface area (Å²) < 4.78 is 2.87. The Balaban J connectivity index is 2.19. The summed E-state index contributed by atoms with van der Waals surface area (Å²) in [6, 6.07) is 9.83. The molecule has 2 nitrogen and oxygen atoms in total. The molecule has 1 heterocycles. The van der Waals surface area contributed by atoms with Gasteiger partial charge in [0.05, 0.1) is 5.69 Å². The Morgan fingerprint density at radius 3 is 2.38 bits per heavy atom. The van der Waals surface area contributed by atoms with Crippen molar-refractivity contribution >= 4 is 71.0 Å². The summed E-state index contributed by atoms with van der Waals surface area (Å²) >= 11 is 10.5. The van der Waals surface area contributed by atoms with E-state index in [2.05, 4.69) is 53.1 Å². The number of fused-ring (bicyclic) bond motifs is 1. The summed E-state index contributed by atoms with van der Waals surface area (Å²) in [6.45, 7) is 2.01. The van der Waals surface area contributed by atoms with E-state index in [0.29, 0.717) is 5.57 Å². The zero-order valence-electron chi connectivity index (χ0n) is 11.0. The maximum absolute atomic E-state index is 12.3. The average molecular weight is 472 g/mol. The molecule has 1 amide bonds. The monoisotopic (exact) mass is 469 g/mol. The SMILES string of the molecule is Cc1c(Br)cc(Br)c2c1C(=Cc1ccc(Br)cc1)C(=O)N2. The van der Waals surface area contributed by atoms with Crippen LogP contribution < -0.4 is 5.32 Å². The number of carbonyl (C=O) groups excluding carboxylic acids is 1. The van der Waals surface area contributed by atoms with Crippen LogP contribution in [0.3, 0.4) is 0 Å². The second-order valence-electron chi connectivity index (χ2n) is 4.78. The normalized spacial score (nSPS) is 15.2. The molecule has 0 aromatic heterocycles. The fourth-order valence-electron chi connectivity index (χ4n) is 2.33. The van der Waals surface area contributed by atoms with Crippen molar-refractivity contribution in [2.75, 3.05) is 5.32 Å². The first kappa shape index (κ1) is 15.0. The van der Waals surface area contributed by atoms with Crippen molar-refractivity contribution in [3.05, 3.63) is 60.4 Å². The van der Waals surface area contributed by atoms with E-state index in [-0.39, 0.29) is 5.91 Å². The van der Waals surface area contributed by atoms with Crippen molar-refractivity contribution in [3.63, 3.8) is 0 Å². The average Bonchev–Trinajstić information content (AvgIpc) is 2.77. The minimum atomic E-state index is -0.0742. The quantitative estimate of drug-likeness (QED) is 0.525. The number of nitrogens with one attached hydrogen (secondary N) is 1. The molecule has 0 unspecified atom stereocenters. The summed E-state index contributed by atoms with van der Waals surface area (Å²) in [5, 5.41) is 2.93. The lowest BCUT2D eigenvalue weighted by atomic mass is 9.99. The van der Waals surface area contributed by atoms with E-state index in [1.165, 1.54) is 0 Å². The van der Waals surface area contributed by atoms with E-state index in [9.17, 15) is 4.79 Å². The second-order valence-corrected chi connectivity index (χ2v) is 7.40. The minimum Gasteiger partial charge on any atom is -0.320 e. The fourth-order valence-corrected chi connectivity index (χ4v) is 3.86. The zero-order valence-corrected chi connectivity index (χ0v) is 15.8. The molecule has 1 N–H and O–H groups in total. The smallest absolute Gasteiger partial charge is 0.256 e. The van der Waals surface area contributed by atoms with Crippen molar-refractivity contribution in [2.24, 2.45) is 0 Å². The van der Waals surface area contributed by atoms with Crippen LogP contribution in [-0.4, -0.2) is 5.91 Å². The molecule has 3 rings (SSSR count). The van der Waals surface area contributed by atoms with Gasteiger partial charge in [0, 0.05) is 24.6 Å². The molecule has 106 valence electrons. The Hall–Kier alpha value is -0.910. The Labute approximate surface area is 148 Å². The molecule has 5 heteroatoms. The Morgan fingerprint density at radius 1 is 1.05 bits per heavy atom. The number of rotatable bonds is 1. The van der Waals surface area contributed by atoms with Gasteiger partial charge in [-0.25, -0.2) is 0 Å². The molecule has 0 saturated heterocycles. The van der Waals surface area contributed by atoms with E-state index < -0.39 is 0 Å². The first-order chi connectivity index (χ1) is 9.97. The fraction of sp³-hybridized carbons (Fsp3) is 0.0625. The molecule has 21 heavy (non-hydrogen) atoms. The maximum atomic E-state index is 12.3. The van der Waals surface area contributed by atoms with Crippen molar-refractivity contribution in [2.45, 2.75) is 6.92 Å². The van der Waals surface area contributed by atoms with Gasteiger partial charge < -0.3 is 5.32 Å². The van der Waals surface area contributed by atoms with Gasteiger partial charge in [0.2, 0.25) is 0 Å². The van der Waals surface area contributed by atoms with Gasteiger partial charge in [-0.05, 0) is 58.3 Å². The first-order valence-corrected chi connectivity index (χ1v) is 8.63. The molecule has 0 fully saturated rings. The van der Waals surface area contributed by atoms with Crippen molar-refractivity contribution in [3.8, 4) is 0 Å². The summed E-state index contributed by atoms with van der Waals surface area (Å²) in [4.78, 5) is 12.3. The highest BCUT2D eigenvalue weighted by Crippen LogP contribution is 2.43. The van der Waals surface area contributed by atoms with E-state index in [1.54, 1.807) is 0 Å². The van der Waals surface area contributed by atoms with Crippen LogP contribution >= 0.6 is 47.8 Å². The standard InChI is InChI=1S/C16H10Br3NO/c1-8-12(18)7-13(19)15-14(8)11(16(21)20-15)6-9-2-4-10(17)5-3-9/h2-7H,1H3,(H,20,21). The molecule has 0 radical (unpaired) electrons.